The molecule has 0 aromatic rings. The maximum Gasteiger partial charge on any atom is 0.410 e. The third kappa shape index (κ3) is 28.9. The lowest BCUT2D eigenvalue weighted by molar-refractivity contribution is -0.146. The van der Waals surface area contributed by atoms with E-state index < -0.39 is 54.1 Å². The molecule has 0 aromatic heterocycles. The molecule has 0 radical (unpaired) electrons. The van der Waals surface area contributed by atoms with Crippen molar-refractivity contribution in [2.75, 3.05) is 53.6 Å². The van der Waals surface area contributed by atoms with Crippen LogP contribution in [-0.2, 0) is 33.3 Å². The summed E-state index contributed by atoms with van der Waals surface area (Å²) in [7, 11) is 1.17. The highest BCUT2D eigenvalue weighted by Crippen LogP contribution is 2.34. The first-order valence-corrected chi connectivity index (χ1v) is 29.8. The van der Waals surface area contributed by atoms with E-state index in [0.717, 1.165) is 39.7 Å². The average Bonchev–Trinajstić information content (AvgIpc) is 4.09. The molecule has 8 unspecified atom stereocenters. The number of aliphatic hydroxyl groups is 3. The first-order chi connectivity index (χ1) is 33.6. The van der Waals surface area contributed by atoms with Crippen molar-refractivity contribution in [2.45, 2.75) is 228 Å². The Balaban J connectivity index is 0. The van der Waals surface area contributed by atoms with Gasteiger partial charge in [-0.15, -0.1) is 0 Å². The van der Waals surface area contributed by atoms with E-state index in [-0.39, 0.29) is 48.1 Å². The Hall–Kier alpha value is -3.85. The number of methoxy groups -OCH3 is 1. The quantitative estimate of drug-likeness (QED) is 0.0433. The van der Waals surface area contributed by atoms with Crippen molar-refractivity contribution in [3.8, 4) is 0 Å². The zero-order valence-electron chi connectivity index (χ0n) is 49.8. The number of rotatable bonds is 5. The highest BCUT2D eigenvalue weighted by molar-refractivity contribution is 6.98. The smallest absolute Gasteiger partial charge is 0.410 e. The van der Waals surface area contributed by atoms with Crippen LogP contribution in [-0.4, -0.2) is 190 Å². The van der Waals surface area contributed by atoms with Crippen LogP contribution in [0.4, 0.5) is 14.4 Å². The number of esters is 1. The maximum atomic E-state index is 12.0. The van der Waals surface area contributed by atoms with Crippen molar-refractivity contribution >= 4 is 44.1 Å². The van der Waals surface area contributed by atoms with E-state index in [0.29, 0.717) is 44.4 Å². The number of amides is 3. The Morgan fingerprint density at radius 1 is 0.622 bits per heavy atom. The van der Waals surface area contributed by atoms with Crippen LogP contribution >= 0.6 is 0 Å². The summed E-state index contributed by atoms with van der Waals surface area (Å²) in [6.45, 7) is 42.5. The molecular formula is C53H104N6O14Si. The molecule has 74 heavy (non-hydrogen) atoms. The SMILES string of the molecule is C1CCOC1.CC1C(C(=O)O)CCN1C(=O)OC(C)(C)C.CC1C(C(C)(C)O)CCN1C(=O)OC(C)(C)C.CC1NCCC1C(C)(C)O.CO.COC(=O)C1CCN(C(=O)OC(C)(C)C)C1C.C[Si](C)(C)C=[N+]=[N-]. The zero-order valence-corrected chi connectivity index (χ0v) is 50.8. The molecule has 434 valence electrons. The molecule has 3 amide bonds. The Labute approximate surface area is 446 Å². The van der Waals surface area contributed by atoms with Crippen molar-refractivity contribution in [1.29, 1.82) is 0 Å². The third-order valence-corrected chi connectivity index (χ3v) is 13.5. The number of carbonyl (C=O) groups excluding carboxylic acids is 4. The van der Waals surface area contributed by atoms with Gasteiger partial charge < -0.3 is 69.7 Å². The lowest BCUT2D eigenvalue weighted by atomic mass is 9.85. The van der Waals surface area contributed by atoms with Crippen LogP contribution < -0.4 is 5.32 Å². The Bertz CT molecular complexity index is 1730. The van der Waals surface area contributed by atoms with Gasteiger partial charge in [0, 0.05) is 76.0 Å². The summed E-state index contributed by atoms with van der Waals surface area (Å²) < 4.78 is 25.5. The van der Waals surface area contributed by atoms with Crippen molar-refractivity contribution in [1.82, 2.24) is 20.0 Å². The van der Waals surface area contributed by atoms with Gasteiger partial charge >= 0.3 is 30.2 Å². The molecule has 0 saturated carbocycles. The summed E-state index contributed by atoms with van der Waals surface area (Å²) in [6.07, 6.45) is 4.54. The first kappa shape index (κ1) is 72.2. The molecule has 21 heteroatoms. The van der Waals surface area contributed by atoms with Crippen LogP contribution in [0.1, 0.15) is 156 Å². The molecule has 0 spiro atoms. The number of nitrogens with zero attached hydrogens (tertiary/aromatic N) is 5. The van der Waals surface area contributed by atoms with Gasteiger partial charge in [0.1, 0.15) is 16.8 Å². The lowest BCUT2D eigenvalue weighted by Crippen LogP contribution is -2.44. The molecule has 5 aliphatic rings. The largest absolute Gasteiger partial charge is 0.481 e. The van der Waals surface area contributed by atoms with Gasteiger partial charge in [-0.25, -0.2) is 14.4 Å². The molecule has 5 rings (SSSR count). The fourth-order valence-corrected chi connectivity index (χ4v) is 9.15. The number of hydrogen-bond donors (Lipinski definition) is 5. The minimum atomic E-state index is -1.20. The molecule has 5 aliphatic heterocycles. The lowest BCUT2D eigenvalue weighted by Gasteiger charge is -2.32. The monoisotopic (exact) mass is 1080 g/mol. The summed E-state index contributed by atoms with van der Waals surface area (Å²) in [4.78, 5) is 65.7. The number of likely N-dealkylation sites (tertiary alicyclic amines) is 3. The fraction of sp³-hybridized carbons (Fsp3) is 0.887. The second-order valence-corrected chi connectivity index (χ2v) is 29.7. The molecular weight excluding hydrogens is 973 g/mol. The standard InChI is InChI=1S/C13H25NO3.C12H21NO4.C11H19NO4.C8H17NO.C4H10N2Si.C4H8O.CH4O/c1-9-10(13(5,6)16)7-8-14(9)11(15)17-12(2,3)4;1-8-9(10(14)16-5)6-7-13(8)11(15)17-12(2,3)4;1-7-8(9(13)14)5-6-12(7)10(15)16-11(2,3)4;1-6-7(4-5-9-6)8(2,3)10;1-7(2,3)4-6-5;1-2-4-5-3-1;1-2/h9-10,16H,7-8H2,1-6H3;8-9H,6-7H2,1-5H3;7-8H,5-6H2,1-4H3,(H,13,14);6-7,9-10H,4-5H2,1-3H3;4H,1-3H3;1-4H2;2H,1H3. The number of carboxylic acids is 1. The molecule has 5 fully saturated rings. The number of aliphatic hydroxyl groups excluding tert-OH is 1. The van der Waals surface area contributed by atoms with Crippen LogP contribution in [0.2, 0.25) is 19.6 Å². The molecule has 5 saturated heterocycles. The van der Waals surface area contributed by atoms with Crippen LogP contribution in [0, 0.1) is 23.7 Å². The predicted octanol–water partition coefficient (Wildman–Crippen LogP) is 8.25. The van der Waals surface area contributed by atoms with Gasteiger partial charge in [0.25, 0.3) is 0 Å². The Morgan fingerprint density at radius 2 is 0.986 bits per heavy atom. The van der Waals surface area contributed by atoms with E-state index in [1.807, 2.05) is 69.2 Å². The van der Waals surface area contributed by atoms with Crippen LogP contribution in [0.25, 0.3) is 5.53 Å². The van der Waals surface area contributed by atoms with E-state index in [2.05, 4.69) is 36.7 Å². The van der Waals surface area contributed by atoms with E-state index in [1.165, 1.54) is 24.9 Å². The Morgan fingerprint density at radius 3 is 1.22 bits per heavy atom. The summed E-state index contributed by atoms with van der Waals surface area (Å²) in [5, 5.41) is 38.9. The van der Waals surface area contributed by atoms with Gasteiger partial charge in [-0.3, -0.25) is 9.59 Å². The summed E-state index contributed by atoms with van der Waals surface area (Å²) in [5.74, 6) is 0.331. The number of ether oxygens (including phenoxy) is 5. The highest BCUT2D eigenvalue weighted by Gasteiger charge is 2.44. The average molecular weight is 1080 g/mol. The number of aliphatic carboxylic acids is 1. The molecule has 0 aromatic carbocycles. The first-order valence-electron chi connectivity index (χ1n) is 26.3. The van der Waals surface area contributed by atoms with Crippen molar-refractivity contribution in [3.63, 3.8) is 0 Å². The Kier molecular flexibility index (Phi) is 31.2. The minimum absolute atomic E-state index is 0.0184. The normalized spacial score (nSPS) is 24.6. The second kappa shape index (κ2) is 32.0. The minimum Gasteiger partial charge on any atom is -0.481 e. The topological polar surface area (TPSA) is 271 Å². The van der Waals surface area contributed by atoms with E-state index >= 15 is 0 Å². The number of nitrogens with one attached hydrogen (secondary N) is 1. The molecule has 20 nitrogen and oxygen atoms in total. The molecule has 5 N–H and O–H groups in total. The summed E-state index contributed by atoms with van der Waals surface area (Å²) in [5.41, 5.74) is 5.22. The van der Waals surface area contributed by atoms with Crippen molar-refractivity contribution in [2.24, 2.45) is 23.7 Å². The van der Waals surface area contributed by atoms with E-state index in [1.54, 1.807) is 57.2 Å². The maximum absolute atomic E-state index is 12.0. The molecule has 8 atom stereocenters. The number of carboxylic acid groups (broad SMARTS) is 1. The van der Waals surface area contributed by atoms with Gasteiger partial charge in [0.05, 0.1) is 30.1 Å². The van der Waals surface area contributed by atoms with Gasteiger partial charge in [0.15, 0.2) is 8.07 Å². The predicted molar refractivity (Wildman–Crippen MR) is 291 cm³/mol. The van der Waals surface area contributed by atoms with Crippen molar-refractivity contribution < 1.29 is 72.9 Å². The van der Waals surface area contributed by atoms with Crippen LogP contribution in [0.3, 0.4) is 0 Å². The van der Waals surface area contributed by atoms with Gasteiger partial charge in [-0.2, -0.15) is 4.79 Å². The van der Waals surface area contributed by atoms with Crippen LogP contribution in [0.5, 0.6) is 0 Å². The number of carbonyl (C=O) groups is 5. The molecule has 5 heterocycles. The van der Waals surface area contributed by atoms with Crippen molar-refractivity contribution in [3.05, 3.63) is 5.53 Å². The summed E-state index contributed by atoms with van der Waals surface area (Å²) >= 11 is 0. The zero-order chi connectivity index (χ0) is 58.4. The second-order valence-electron chi connectivity index (χ2n) is 24.7. The molecule has 0 bridgehead atoms. The van der Waals surface area contributed by atoms with Crippen LogP contribution in [0.15, 0.2) is 0 Å². The number of hydrogen-bond acceptors (Lipinski definition) is 14. The van der Waals surface area contributed by atoms with E-state index in [4.69, 9.17) is 39.4 Å². The third-order valence-electron chi connectivity index (χ3n) is 12.6. The summed E-state index contributed by atoms with van der Waals surface area (Å²) in [6, 6.07) is 0.0227. The molecule has 0 aliphatic carbocycles. The van der Waals surface area contributed by atoms with E-state index in [9.17, 15) is 34.2 Å². The van der Waals surface area contributed by atoms with Gasteiger partial charge in [0.2, 0.25) is 5.84 Å². The fourth-order valence-electron chi connectivity index (χ4n) is 8.80. The highest BCUT2D eigenvalue weighted by atomic mass is 28.3. The van der Waals surface area contributed by atoms with Gasteiger partial charge in [-0.05, 0) is 163 Å². The van der Waals surface area contributed by atoms with Gasteiger partial charge in [-0.1, -0.05) is 19.6 Å².